The first kappa shape index (κ1) is 20.4. The predicted octanol–water partition coefficient (Wildman–Crippen LogP) is 4.32. The van der Waals surface area contributed by atoms with Crippen molar-refractivity contribution in [2.45, 2.75) is 28.8 Å². The van der Waals surface area contributed by atoms with E-state index in [2.05, 4.69) is 15.3 Å². The molecular weight excluding hydrogens is 416 g/mol. The molecule has 2 heterocycles. The second-order valence-corrected chi connectivity index (χ2v) is 8.90. The summed E-state index contributed by atoms with van der Waals surface area (Å²) in [6.45, 7) is 3.88. The maximum atomic E-state index is 12.5. The van der Waals surface area contributed by atoms with Gasteiger partial charge in [-0.15, -0.1) is 11.8 Å². The molecule has 3 aromatic rings. The summed E-state index contributed by atoms with van der Waals surface area (Å²) in [5.74, 6) is 0.0497. The minimum atomic E-state index is -0.233. The molecule has 152 valence electrons. The lowest BCUT2D eigenvalue weighted by Crippen LogP contribution is -2.41. The van der Waals surface area contributed by atoms with Gasteiger partial charge in [-0.25, -0.2) is 9.97 Å². The molecule has 0 bridgehead atoms. The highest BCUT2D eigenvalue weighted by molar-refractivity contribution is 8.00. The highest BCUT2D eigenvalue weighted by atomic mass is 32.2. The number of hydrogen-bond donors (Lipinski definition) is 1. The lowest BCUT2D eigenvalue weighted by Gasteiger charge is -2.28. The number of thioether (sulfide) groups is 1. The van der Waals surface area contributed by atoms with Crippen LogP contribution < -0.4 is 10.2 Å². The van der Waals surface area contributed by atoms with E-state index < -0.39 is 0 Å². The molecule has 0 saturated carbocycles. The van der Waals surface area contributed by atoms with Gasteiger partial charge in [0.25, 0.3) is 0 Å². The van der Waals surface area contributed by atoms with Gasteiger partial charge < -0.3 is 10.2 Å². The van der Waals surface area contributed by atoms with Crippen molar-refractivity contribution >= 4 is 46.7 Å². The molecule has 1 aromatic heterocycles. The quantitative estimate of drug-likeness (QED) is 0.601. The van der Waals surface area contributed by atoms with Gasteiger partial charge in [0.05, 0.1) is 11.4 Å². The molecule has 0 radical (unpaired) electrons. The highest BCUT2D eigenvalue weighted by Gasteiger charge is 2.26. The zero-order valence-electron chi connectivity index (χ0n) is 16.6. The Hall–Kier alpha value is -2.84. The van der Waals surface area contributed by atoms with Crippen LogP contribution in [0.4, 0.5) is 11.4 Å². The molecule has 2 amide bonds. The topological polar surface area (TPSA) is 75.2 Å². The fourth-order valence-corrected chi connectivity index (χ4v) is 4.92. The summed E-state index contributed by atoms with van der Waals surface area (Å²) >= 11 is 2.97. The number of amides is 2. The Kier molecular flexibility index (Phi) is 6.06. The Labute approximate surface area is 183 Å². The van der Waals surface area contributed by atoms with Gasteiger partial charge in [0, 0.05) is 26.9 Å². The Balaban J connectivity index is 1.40. The first-order chi connectivity index (χ1) is 14.5. The Bertz CT molecular complexity index is 1080. The van der Waals surface area contributed by atoms with Crippen LogP contribution in [0.5, 0.6) is 0 Å². The second kappa shape index (κ2) is 8.89. The number of nitrogens with one attached hydrogen (secondary N) is 1. The van der Waals surface area contributed by atoms with E-state index in [0.717, 1.165) is 26.9 Å². The van der Waals surface area contributed by atoms with E-state index in [1.807, 2.05) is 68.4 Å². The summed E-state index contributed by atoms with van der Waals surface area (Å²) in [4.78, 5) is 37.3. The molecular formula is C22H20N4O2S2. The molecule has 0 spiro atoms. The van der Waals surface area contributed by atoms with Crippen molar-refractivity contribution in [2.75, 3.05) is 22.5 Å². The SMILES string of the molecule is Cc1cc(C)nc(Sc2ccc(NC(=O)CN3C(=O)CSc4ccccc43)cc2)n1. The lowest BCUT2D eigenvalue weighted by atomic mass is 10.2. The molecule has 4 rings (SSSR count). The van der Waals surface area contributed by atoms with Crippen molar-refractivity contribution in [3.05, 3.63) is 66.0 Å². The molecule has 6 nitrogen and oxygen atoms in total. The number of carbonyl (C=O) groups excluding carboxylic acids is 2. The Morgan fingerprint density at radius 1 is 1.10 bits per heavy atom. The molecule has 1 aliphatic rings. The van der Waals surface area contributed by atoms with Crippen molar-refractivity contribution < 1.29 is 9.59 Å². The van der Waals surface area contributed by atoms with Crippen LogP contribution >= 0.6 is 23.5 Å². The third kappa shape index (κ3) is 4.83. The molecule has 8 heteroatoms. The van der Waals surface area contributed by atoms with Gasteiger partial charge in [0.15, 0.2) is 5.16 Å². The van der Waals surface area contributed by atoms with Gasteiger partial charge in [-0.2, -0.15) is 0 Å². The smallest absolute Gasteiger partial charge is 0.244 e. The Morgan fingerprint density at radius 2 is 1.80 bits per heavy atom. The molecule has 0 unspecified atom stereocenters. The standard InChI is InChI=1S/C22H20N4O2S2/c1-14-11-15(2)24-22(23-14)30-17-9-7-16(8-10-17)25-20(27)12-26-18-5-3-4-6-19(18)29-13-21(26)28/h3-11H,12-13H2,1-2H3,(H,25,27). The maximum absolute atomic E-state index is 12.5. The second-order valence-electron chi connectivity index (χ2n) is 6.84. The number of carbonyl (C=O) groups is 2. The maximum Gasteiger partial charge on any atom is 0.244 e. The monoisotopic (exact) mass is 436 g/mol. The molecule has 0 fully saturated rings. The number of anilines is 2. The number of fused-ring (bicyclic) bond motifs is 1. The minimum Gasteiger partial charge on any atom is -0.325 e. The molecule has 0 atom stereocenters. The molecule has 2 aromatic carbocycles. The van der Waals surface area contributed by atoms with Gasteiger partial charge in [0.2, 0.25) is 11.8 Å². The van der Waals surface area contributed by atoms with E-state index in [1.165, 1.54) is 23.5 Å². The fourth-order valence-electron chi connectivity index (χ4n) is 3.12. The Morgan fingerprint density at radius 3 is 2.53 bits per heavy atom. The number of rotatable bonds is 5. The number of hydrogen-bond acceptors (Lipinski definition) is 6. The van der Waals surface area contributed by atoms with Gasteiger partial charge in [-0.05, 0) is 68.1 Å². The van der Waals surface area contributed by atoms with Crippen LogP contribution in [0, 0.1) is 13.8 Å². The number of nitrogens with zero attached hydrogens (tertiary/aromatic N) is 3. The van der Waals surface area contributed by atoms with Crippen LogP contribution in [0.15, 0.2) is 69.5 Å². The average Bonchev–Trinajstić information content (AvgIpc) is 2.71. The number of aryl methyl sites for hydroxylation is 2. The van der Waals surface area contributed by atoms with Gasteiger partial charge in [-0.1, -0.05) is 12.1 Å². The number of aromatic nitrogens is 2. The third-order valence-corrected chi connectivity index (χ3v) is 6.34. The fraction of sp³-hybridized carbons (Fsp3) is 0.182. The summed E-state index contributed by atoms with van der Waals surface area (Å²) in [6, 6.07) is 17.1. The van der Waals surface area contributed by atoms with Crippen LogP contribution in [-0.4, -0.2) is 34.1 Å². The van der Waals surface area contributed by atoms with E-state index in [-0.39, 0.29) is 18.4 Å². The zero-order chi connectivity index (χ0) is 21.1. The van der Waals surface area contributed by atoms with E-state index in [1.54, 1.807) is 4.90 Å². The lowest BCUT2D eigenvalue weighted by molar-refractivity contribution is -0.120. The normalized spacial score (nSPS) is 13.1. The van der Waals surface area contributed by atoms with Crippen LogP contribution in [0.25, 0.3) is 0 Å². The van der Waals surface area contributed by atoms with Crippen LogP contribution in [-0.2, 0) is 9.59 Å². The van der Waals surface area contributed by atoms with Crippen LogP contribution in [0.2, 0.25) is 0 Å². The molecule has 0 aliphatic carbocycles. The summed E-state index contributed by atoms with van der Waals surface area (Å²) < 4.78 is 0. The van der Waals surface area contributed by atoms with Gasteiger partial charge in [0.1, 0.15) is 6.54 Å². The summed E-state index contributed by atoms with van der Waals surface area (Å²) in [6.07, 6.45) is 0. The predicted molar refractivity (Wildman–Crippen MR) is 120 cm³/mol. The van der Waals surface area contributed by atoms with Gasteiger partial charge >= 0.3 is 0 Å². The van der Waals surface area contributed by atoms with Crippen molar-refractivity contribution in [2.24, 2.45) is 0 Å². The van der Waals surface area contributed by atoms with Crippen molar-refractivity contribution in [1.29, 1.82) is 0 Å². The van der Waals surface area contributed by atoms with E-state index >= 15 is 0 Å². The van der Waals surface area contributed by atoms with Crippen molar-refractivity contribution in [1.82, 2.24) is 9.97 Å². The highest BCUT2D eigenvalue weighted by Crippen LogP contribution is 2.34. The van der Waals surface area contributed by atoms with Crippen LogP contribution in [0.1, 0.15) is 11.4 Å². The van der Waals surface area contributed by atoms with Crippen LogP contribution in [0.3, 0.4) is 0 Å². The first-order valence-corrected chi connectivity index (χ1v) is 11.2. The average molecular weight is 437 g/mol. The van der Waals surface area contributed by atoms with E-state index in [4.69, 9.17) is 0 Å². The van der Waals surface area contributed by atoms with Crippen molar-refractivity contribution in [3.8, 4) is 0 Å². The summed E-state index contributed by atoms with van der Waals surface area (Å²) in [5.41, 5.74) is 3.33. The van der Waals surface area contributed by atoms with Crippen molar-refractivity contribution in [3.63, 3.8) is 0 Å². The number of benzene rings is 2. The molecule has 30 heavy (non-hydrogen) atoms. The first-order valence-electron chi connectivity index (χ1n) is 9.40. The largest absolute Gasteiger partial charge is 0.325 e. The third-order valence-electron chi connectivity index (χ3n) is 4.42. The minimum absolute atomic E-state index is 0.0106. The molecule has 1 N–H and O–H groups in total. The summed E-state index contributed by atoms with van der Waals surface area (Å²) in [7, 11) is 0. The van der Waals surface area contributed by atoms with E-state index in [0.29, 0.717) is 16.6 Å². The molecule has 1 aliphatic heterocycles. The number of para-hydroxylation sites is 1. The summed E-state index contributed by atoms with van der Waals surface area (Å²) in [5, 5.41) is 3.57. The van der Waals surface area contributed by atoms with Gasteiger partial charge in [-0.3, -0.25) is 9.59 Å². The molecule has 0 saturated heterocycles. The van der Waals surface area contributed by atoms with E-state index in [9.17, 15) is 9.59 Å². The zero-order valence-corrected chi connectivity index (χ0v) is 18.2.